The van der Waals surface area contributed by atoms with Gasteiger partial charge in [-0.2, -0.15) is 18.3 Å². The fourth-order valence-electron chi connectivity index (χ4n) is 3.57. The van der Waals surface area contributed by atoms with Crippen LogP contribution in [0.5, 0.6) is 0 Å². The predicted octanol–water partition coefficient (Wildman–Crippen LogP) is 1.01. The lowest BCUT2D eigenvalue weighted by atomic mass is 10.0. The Morgan fingerprint density at radius 3 is 2.50 bits per heavy atom. The molecule has 0 aromatic carbocycles. The van der Waals surface area contributed by atoms with Crippen molar-refractivity contribution in [3.8, 4) is 0 Å². The molecule has 1 aromatic rings. The number of anilines is 1. The van der Waals surface area contributed by atoms with Crippen molar-refractivity contribution in [2.45, 2.75) is 31.5 Å². The van der Waals surface area contributed by atoms with Gasteiger partial charge in [0.2, 0.25) is 11.8 Å². The summed E-state index contributed by atoms with van der Waals surface area (Å²) in [6.07, 6.45) is -0.922. The minimum absolute atomic E-state index is 0.0145. The van der Waals surface area contributed by atoms with Crippen molar-refractivity contribution in [3.05, 3.63) is 12.4 Å². The number of carbonyl (C=O) groups excluding carboxylic acids is 2. The lowest BCUT2D eigenvalue weighted by Gasteiger charge is -2.42. The SMILES string of the molecule is Cn1cc(N2CCC[C@H](N3CCN(C(=O)CC(F)(F)F)CC3)C2=O)cn1. The summed E-state index contributed by atoms with van der Waals surface area (Å²) in [4.78, 5) is 29.5. The van der Waals surface area contributed by atoms with Crippen LogP contribution in [0.15, 0.2) is 12.4 Å². The molecule has 0 bridgehead atoms. The maximum atomic E-state index is 12.9. The number of amides is 2. The van der Waals surface area contributed by atoms with Crippen molar-refractivity contribution in [2.24, 2.45) is 7.05 Å². The summed E-state index contributed by atoms with van der Waals surface area (Å²) in [5.74, 6) is -0.913. The van der Waals surface area contributed by atoms with Crippen molar-refractivity contribution in [3.63, 3.8) is 0 Å². The third kappa shape index (κ3) is 4.17. The van der Waals surface area contributed by atoms with Gasteiger partial charge in [-0.05, 0) is 12.8 Å². The van der Waals surface area contributed by atoms with Crippen LogP contribution < -0.4 is 4.90 Å². The Balaban J connectivity index is 1.58. The van der Waals surface area contributed by atoms with Crippen LogP contribution in [0, 0.1) is 0 Å². The molecule has 2 aliphatic heterocycles. The molecule has 0 spiro atoms. The molecule has 10 heteroatoms. The molecule has 1 aromatic heterocycles. The van der Waals surface area contributed by atoms with Gasteiger partial charge in [-0.15, -0.1) is 0 Å². The summed E-state index contributed by atoms with van der Waals surface area (Å²) in [6.45, 7) is 1.87. The number of nitrogens with zero attached hydrogens (tertiary/aromatic N) is 5. The zero-order chi connectivity index (χ0) is 18.9. The standard InChI is InChI=1S/C16H22F3N5O2/c1-21-11-12(10-20-21)24-4-2-3-13(15(24)26)22-5-7-23(8-6-22)14(25)9-16(17,18)19/h10-11,13H,2-9H2,1H3/t13-/m0/s1. The molecule has 2 fully saturated rings. The van der Waals surface area contributed by atoms with Gasteiger partial charge >= 0.3 is 6.18 Å². The van der Waals surface area contributed by atoms with Crippen molar-refractivity contribution < 1.29 is 22.8 Å². The number of piperidine rings is 1. The zero-order valence-corrected chi connectivity index (χ0v) is 14.6. The van der Waals surface area contributed by atoms with E-state index in [0.717, 1.165) is 12.1 Å². The molecule has 2 amide bonds. The largest absolute Gasteiger partial charge is 0.397 e. The molecule has 7 nitrogen and oxygen atoms in total. The van der Waals surface area contributed by atoms with Crippen LogP contribution in [-0.2, 0) is 16.6 Å². The number of aryl methyl sites for hydroxylation is 1. The summed E-state index contributed by atoms with van der Waals surface area (Å²) >= 11 is 0. The number of aromatic nitrogens is 2. The molecule has 0 aliphatic carbocycles. The van der Waals surface area contributed by atoms with Gasteiger partial charge in [0.1, 0.15) is 6.42 Å². The van der Waals surface area contributed by atoms with E-state index in [0.29, 0.717) is 26.1 Å². The predicted molar refractivity (Wildman–Crippen MR) is 87.4 cm³/mol. The smallest absolute Gasteiger partial charge is 0.340 e. The summed E-state index contributed by atoms with van der Waals surface area (Å²) in [5.41, 5.74) is 0.751. The van der Waals surface area contributed by atoms with Crippen LogP contribution >= 0.6 is 0 Å². The number of hydrogen-bond donors (Lipinski definition) is 0. The van der Waals surface area contributed by atoms with E-state index in [-0.39, 0.29) is 25.0 Å². The van der Waals surface area contributed by atoms with Crippen LogP contribution in [0.2, 0.25) is 0 Å². The van der Waals surface area contributed by atoms with Crippen LogP contribution in [0.1, 0.15) is 19.3 Å². The van der Waals surface area contributed by atoms with Crippen molar-refractivity contribution in [1.82, 2.24) is 19.6 Å². The van der Waals surface area contributed by atoms with Crippen molar-refractivity contribution in [2.75, 3.05) is 37.6 Å². The van der Waals surface area contributed by atoms with E-state index in [1.54, 1.807) is 29.0 Å². The number of alkyl halides is 3. The third-order valence-corrected chi connectivity index (χ3v) is 4.87. The molecule has 1 atom stereocenters. The van der Waals surface area contributed by atoms with Crippen LogP contribution in [0.3, 0.4) is 0 Å². The van der Waals surface area contributed by atoms with E-state index in [9.17, 15) is 22.8 Å². The van der Waals surface area contributed by atoms with Gasteiger partial charge in [0.25, 0.3) is 0 Å². The molecule has 144 valence electrons. The molecule has 3 heterocycles. The molecule has 0 unspecified atom stereocenters. The minimum atomic E-state index is -4.49. The topological polar surface area (TPSA) is 61.7 Å². The van der Waals surface area contributed by atoms with Gasteiger partial charge in [0.15, 0.2) is 0 Å². The molecule has 2 aliphatic rings. The van der Waals surface area contributed by atoms with Gasteiger partial charge in [-0.25, -0.2) is 0 Å². The molecule has 26 heavy (non-hydrogen) atoms. The highest BCUT2D eigenvalue weighted by Gasteiger charge is 2.38. The molecule has 0 N–H and O–H groups in total. The van der Waals surface area contributed by atoms with E-state index >= 15 is 0 Å². The second-order valence-corrected chi connectivity index (χ2v) is 6.73. The zero-order valence-electron chi connectivity index (χ0n) is 14.6. The maximum Gasteiger partial charge on any atom is 0.397 e. The third-order valence-electron chi connectivity index (χ3n) is 4.87. The Hall–Kier alpha value is -2.10. The van der Waals surface area contributed by atoms with Crippen LogP contribution in [0.4, 0.5) is 18.9 Å². The summed E-state index contributed by atoms with van der Waals surface area (Å²) in [5, 5.41) is 4.10. The highest BCUT2D eigenvalue weighted by Crippen LogP contribution is 2.25. The normalized spacial score (nSPS) is 22.8. The van der Waals surface area contributed by atoms with E-state index < -0.39 is 18.5 Å². The fourth-order valence-corrected chi connectivity index (χ4v) is 3.57. The van der Waals surface area contributed by atoms with E-state index in [2.05, 4.69) is 5.10 Å². The summed E-state index contributed by atoms with van der Waals surface area (Å²) in [6, 6.07) is -0.302. The van der Waals surface area contributed by atoms with E-state index in [1.807, 2.05) is 4.90 Å². The van der Waals surface area contributed by atoms with Crippen LogP contribution in [0.25, 0.3) is 0 Å². The van der Waals surface area contributed by atoms with Gasteiger partial charge in [-0.1, -0.05) is 0 Å². The molecule has 2 saturated heterocycles. The van der Waals surface area contributed by atoms with E-state index in [4.69, 9.17) is 0 Å². The highest BCUT2D eigenvalue weighted by atomic mass is 19.4. The number of piperazine rings is 1. The maximum absolute atomic E-state index is 12.9. The number of halogens is 3. The van der Waals surface area contributed by atoms with Gasteiger partial charge in [0, 0.05) is 46.0 Å². The molecule has 3 rings (SSSR count). The first-order valence-electron chi connectivity index (χ1n) is 8.63. The Morgan fingerprint density at radius 2 is 1.92 bits per heavy atom. The fraction of sp³-hybridized carbons (Fsp3) is 0.688. The average Bonchev–Trinajstić information content (AvgIpc) is 3.00. The first kappa shape index (κ1) is 18.7. The number of rotatable bonds is 3. The van der Waals surface area contributed by atoms with Gasteiger partial charge in [-0.3, -0.25) is 19.2 Å². The second-order valence-electron chi connectivity index (χ2n) is 6.73. The summed E-state index contributed by atoms with van der Waals surface area (Å²) in [7, 11) is 1.78. The Kier molecular flexibility index (Phi) is 5.22. The molecular weight excluding hydrogens is 351 g/mol. The Morgan fingerprint density at radius 1 is 1.23 bits per heavy atom. The minimum Gasteiger partial charge on any atom is -0.340 e. The summed E-state index contributed by atoms with van der Waals surface area (Å²) < 4.78 is 38.7. The molecule has 0 radical (unpaired) electrons. The van der Waals surface area contributed by atoms with E-state index in [1.165, 1.54) is 4.90 Å². The quantitative estimate of drug-likeness (QED) is 0.794. The van der Waals surface area contributed by atoms with Crippen molar-refractivity contribution in [1.29, 1.82) is 0 Å². The second kappa shape index (κ2) is 7.26. The van der Waals surface area contributed by atoms with Gasteiger partial charge in [0.05, 0.1) is 17.9 Å². The Bertz CT molecular complexity index is 667. The Labute approximate surface area is 149 Å². The number of carbonyl (C=O) groups is 2. The highest BCUT2D eigenvalue weighted by molar-refractivity contribution is 5.97. The first-order chi connectivity index (χ1) is 12.2. The number of hydrogen-bond acceptors (Lipinski definition) is 4. The monoisotopic (exact) mass is 373 g/mol. The first-order valence-corrected chi connectivity index (χ1v) is 8.63. The lowest BCUT2D eigenvalue weighted by Crippen LogP contribution is -2.58. The lowest BCUT2D eigenvalue weighted by molar-refractivity contribution is -0.162. The average molecular weight is 373 g/mol. The van der Waals surface area contributed by atoms with Gasteiger partial charge < -0.3 is 9.80 Å². The van der Waals surface area contributed by atoms with Crippen LogP contribution in [-0.4, -0.2) is 76.3 Å². The molecular formula is C16H22F3N5O2. The molecule has 0 saturated carbocycles. The van der Waals surface area contributed by atoms with Crippen molar-refractivity contribution >= 4 is 17.5 Å².